The molecule has 68 valence electrons. The van der Waals surface area contributed by atoms with Gasteiger partial charge < -0.3 is 0 Å². The minimum atomic E-state index is 0.285. The van der Waals surface area contributed by atoms with E-state index in [1.807, 2.05) is 25.1 Å². The molecule has 0 unspecified atom stereocenters. The molecule has 0 aliphatic heterocycles. The third kappa shape index (κ3) is 1.38. The number of rotatable bonds is 0. The van der Waals surface area contributed by atoms with Crippen LogP contribution in [0, 0.1) is 20.8 Å². The zero-order valence-corrected chi connectivity index (χ0v) is 8.47. The highest BCUT2D eigenvalue weighted by atomic mass is 35.5. The lowest BCUT2D eigenvalue weighted by molar-refractivity contribution is 1.30. The third-order valence-corrected chi connectivity index (χ3v) is 2.55. The number of halogens is 1. The van der Waals surface area contributed by atoms with Crippen LogP contribution in [-0.2, 0) is 0 Å². The van der Waals surface area contributed by atoms with E-state index in [2.05, 4.69) is 4.98 Å². The average molecular weight is 202 g/mol. The fraction of sp³-hybridized carbons (Fsp3) is 0.0833. The first-order valence-electron chi connectivity index (χ1n) is 4.20. The molecule has 4 radical (unpaired) electrons. The van der Waals surface area contributed by atoms with Gasteiger partial charge in [0, 0.05) is 19.2 Å². The first kappa shape index (κ1) is 9.47. The maximum absolute atomic E-state index is 6.04. The van der Waals surface area contributed by atoms with Crippen molar-refractivity contribution in [3.63, 3.8) is 0 Å². The third-order valence-electron chi connectivity index (χ3n) is 2.14. The molecular formula is C12H8ClN. The van der Waals surface area contributed by atoms with Crippen molar-refractivity contribution < 1.29 is 0 Å². The van der Waals surface area contributed by atoms with E-state index in [0.29, 0.717) is 10.6 Å². The van der Waals surface area contributed by atoms with Crippen molar-refractivity contribution in [3.05, 3.63) is 53.9 Å². The Balaban J connectivity index is 2.91. The molecule has 0 saturated carbocycles. The van der Waals surface area contributed by atoms with Crippen LogP contribution in [0.3, 0.4) is 0 Å². The first-order valence-corrected chi connectivity index (χ1v) is 4.58. The van der Waals surface area contributed by atoms with Gasteiger partial charge in [0.25, 0.3) is 0 Å². The molecule has 2 heteroatoms. The predicted octanol–water partition coefficient (Wildman–Crippen LogP) is 3.32. The molecule has 14 heavy (non-hydrogen) atoms. The highest BCUT2D eigenvalue weighted by molar-refractivity contribution is 6.36. The summed E-state index contributed by atoms with van der Waals surface area (Å²) < 4.78 is 0. The standard InChI is InChI=1S/C12H8ClN/c1-7-4-5-10-11(6-7)14-9(3)8(2)12(10)13/h2-6H,1H3. The van der Waals surface area contributed by atoms with E-state index in [4.69, 9.17) is 25.4 Å². The van der Waals surface area contributed by atoms with Crippen LogP contribution in [0.1, 0.15) is 16.8 Å². The molecule has 0 spiro atoms. The van der Waals surface area contributed by atoms with E-state index in [1.54, 1.807) is 0 Å². The second-order valence-electron chi connectivity index (χ2n) is 3.25. The van der Waals surface area contributed by atoms with Crippen molar-refractivity contribution >= 4 is 22.5 Å². The largest absolute Gasteiger partial charge is 0.252 e. The number of fused-ring (bicyclic) bond motifs is 1. The van der Waals surface area contributed by atoms with Crippen LogP contribution >= 0.6 is 11.6 Å². The number of benzene rings is 1. The fourth-order valence-electron chi connectivity index (χ4n) is 1.37. The molecule has 0 bridgehead atoms. The van der Waals surface area contributed by atoms with Gasteiger partial charge in [0.05, 0.1) is 16.2 Å². The Hall–Kier alpha value is -1.08. The summed E-state index contributed by atoms with van der Waals surface area (Å²) in [7, 11) is 0. The molecule has 0 fully saturated rings. The van der Waals surface area contributed by atoms with E-state index in [-0.39, 0.29) is 5.69 Å². The lowest BCUT2D eigenvalue weighted by Gasteiger charge is -2.06. The smallest absolute Gasteiger partial charge is 0.0723 e. The number of nitrogens with zero attached hydrogens (tertiary/aromatic N) is 1. The van der Waals surface area contributed by atoms with Crippen LogP contribution in [0.5, 0.6) is 0 Å². The van der Waals surface area contributed by atoms with Crippen molar-refractivity contribution in [2.45, 2.75) is 6.92 Å². The highest BCUT2D eigenvalue weighted by Gasteiger charge is 2.06. The summed E-state index contributed by atoms with van der Waals surface area (Å²) in [6, 6.07) is 5.79. The molecule has 0 saturated heterocycles. The number of pyridine rings is 1. The quantitative estimate of drug-likeness (QED) is 0.637. The zero-order valence-electron chi connectivity index (χ0n) is 7.71. The van der Waals surface area contributed by atoms with E-state index < -0.39 is 0 Å². The van der Waals surface area contributed by atoms with Crippen LogP contribution in [0.4, 0.5) is 0 Å². The van der Waals surface area contributed by atoms with E-state index >= 15 is 0 Å². The summed E-state index contributed by atoms with van der Waals surface area (Å²) in [5.41, 5.74) is 2.53. The summed E-state index contributed by atoms with van der Waals surface area (Å²) in [6.07, 6.45) is 0. The fourth-order valence-corrected chi connectivity index (χ4v) is 1.62. The number of hydrogen-bond acceptors (Lipinski definition) is 1. The van der Waals surface area contributed by atoms with Crippen molar-refractivity contribution in [1.82, 2.24) is 4.98 Å². The van der Waals surface area contributed by atoms with Crippen molar-refractivity contribution in [2.24, 2.45) is 0 Å². The van der Waals surface area contributed by atoms with Crippen molar-refractivity contribution in [3.8, 4) is 0 Å². The van der Waals surface area contributed by atoms with Gasteiger partial charge in [-0.15, -0.1) is 0 Å². The SMILES string of the molecule is [CH]c1nc2cc(C)ccc2c(Cl)c1[CH]. The Morgan fingerprint density at radius 2 is 2.00 bits per heavy atom. The van der Waals surface area contributed by atoms with Gasteiger partial charge in [-0.2, -0.15) is 0 Å². The monoisotopic (exact) mass is 201 g/mol. The van der Waals surface area contributed by atoms with Gasteiger partial charge in [0.1, 0.15) is 0 Å². The minimum absolute atomic E-state index is 0.285. The molecule has 1 nitrogen and oxygen atoms in total. The Morgan fingerprint density at radius 3 is 2.71 bits per heavy atom. The summed E-state index contributed by atoms with van der Waals surface area (Å²) in [5, 5.41) is 1.32. The second-order valence-corrected chi connectivity index (χ2v) is 3.62. The molecule has 2 rings (SSSR count). The van der Waals surface area contributed by atoms with E-state index in [0.717, 1.165) is 16.5 Å². The van der Waals surface area contributed by atoms with Crippen LogP contribution in [0.2, 0.25) is 5.02 Å². The van der Waals surface area contributed by atoms with Gasteiger partial charge in [0.15, 0.2) is 0 Å². The topological polar surface area (TPSA) is 12.9 Å². The van der Waals surface area contributed by atoms with Gasteiger partial charge in [-0.05, 0) is 24.1 Å². The Bertz CT molecular complexity index is 503. The molecule has 0 atom stereocenters. The lowest BCUT2D eigenvalue weighted by atomic mass is 10.1. The first-order chi connectivity index (χ1) is 6.59. The summed E-state index contributed by atoms with van der Waals surface area (Å²) >= 11 is 6.04. The van der Waals surface area contributed by atoms with Gasteiger partial charge in [0.2, 0.25) is 0 Å². The maximum atomic E-state index is 6.04. The summed E-state index contributed by atoms with van der Waals surface area (Å²) in [4.78, 5) is 4.17. The Morgan fingerprint density at radius 1 is 1.29 bits per heavy atom. The van der Waals surface area contributed by atoms with E-state index in [1.165, 1.54) is 0 Å². The summed E-state index contributed by atoms with van der Waals surface area (Å²) in [5.74, 6) is 0. The van der Waals surface area contributed by atoms with Crippen LogP contribution in [0.15, 0.2) is 18.2 Å². The minimum Gasteiger partial charge on any atom is -0.252 e. The Kier molecular flexibility index (Phi) is 2.20. The molecule has 1 heterocycles. The number of hydrogen-bond donors (Lipinski definition) is 0. The molecule has 1 aromatic heterocycles. The van der Waals surface area contributed by atoms with Crippen LogP contribution < -0.4 is 0 Å². The number of aromatic nitrogens is 1. The number of aryl methyl sites for hydroxylation is 1. The zero-order chi connectivity index (χ0) is 10.3. The van der Waals surface area contributed by atoms with E-state index in [9.17, 15) is 0 Å². The summed E-state index contributed by atoms with van der Waals surface area (Å²) in [6.45, 7) is 13.3. The van der Waals surface area contributed by atoms with Crippen LogP contribution in [-0.4, -0.2) is 4.98 Å². The molecule has 0 aliphatic rings. The highest BCUT2D eigenvalue weighted by Crippen LogP contribution is 2.27. The molecule has 0 N–H and O–H groups in total. The molecule has 0 aliphatic carbocycles. The van der Waals surface area contributed by atoms with Crippen LogP contribution in [0.25, 0.3) is 10.9 Å². The van der Waals surface area contributed by atoms with Gasteiger partial charge >= 0.3 is 0 Å². The Labute approximate surface area is 88.7 Å². The molecule has 0 amide bonds. The van der Waals surface area contributed by atoms with Crippen molar-refractivity contribution in [1.29, 1.82) is 0 Å². The normalized spacial score (nSPS) is 10.9. The average Bonchev–Trinajstić information content (AvgIpc) is 2.14. The van der Waals surface area contributed by atoms with Gasteiger partial charge in [-0.3, -0.25) is 4.98 Å². The van der Waals surface area contributed by atoms with Crippen molar-refractivity contribution in [2.75, 3.05) is 0 Å². The molecular weight excluding hydrogens is 194 g/mol. The van der Waals surface area contributed by atoms with Gasteiger partial charge in [-0.25, -0.2) is 0 Å². The second kappa shape index (κ2) is 3.25. The lowest BCUT2D eigenvalue weighted by Crippen LogP contribution is -1.90. The molecule has 2 aromatic rings. The molecule has 1 aromatic carbocycles. The maximum Gasteiger partial charge on any atom is 0.0723 e. The van der Waals surface area contributed by atoms with Gasteiger partial charge in [-0.1, -0.05) is 23.7 Å². The predicted molar refractivity (Wildman–Crippen MR) is 58.3 cm³/mol.